The standard InChI is InChI=1S/C15H27N5O7S2/c1-6(21)11(20-12(23)7(16)4-28)14(25)18-8(2-3-10(17)22)13(24)19-9(5-29)15(26)27/h6-9,11,21,28-29H,2-5,16H2,1H3,(H2,17,22)(H,18,25)(H,19,24)(H,20,23)(H,26,27). The molecule has 12 nitrogen and oxygen atoms in total. The number of primary amides is 1. The van der Waals surface area contributed by atoms with Crippen LogP contribution in [-0.2, 0) is 24.0 Å². The second-order valence-electron chi connectivity index (χ2n) is 6.16. The monoisotopic (exact) mass is 453 g/mol. The number of carbonyl (C=O) groups excluding carboxylic acids is 4. The molecule has 0 aromatic rings. The largest absolute Gasteiger partial charge is 0.480 e. The zero-order chi connectivity index (χ0) is 22.7. The molecule has 14 heteroatoms. The molecule has 0 fully saturated rings. The average molecular weight is 454 g/mol. The first kappa shape index (κ1) is 27.0. The molecule has 29 heavy (non-hydrogen) atoms. The number of thiol groups is 2. The first-order valence-electron chi connectivity index (χ1n) is 8.52. The van der Waals surface area contributed by atoms with Crippen molar-refractivity contribution in [2.24, 2.45) is 11.5 Å². The maximum absolute atomic E-state index is 12.5. The Kier molecular flexibility index (Phi) is 12.3. The highest BCUT2D eigenvalue weighted by atomic mass is 32.1. The molecule has 4 amide bonds. The van der Waals surface area contributed by atoms with Crippen molar-refractivity contribution in [3.63, 3.8) is 0 Å². The van der Waals surface area contributed by atoms with Gasteiger partial charge in [0.15, 0.2) is 0 Å². The number of nitrogens with two attached hydrogens (primary N) is 2. The topological polar surface area (TPSA) is 214 Å². The summed E-state index contributed by atoms with van der Waals surface area (Å²) in [5, 5.41) is 25.5. The van der Waals surface area contributed by atoms with Crippen LogP contribution in [0.25, 0.3) is 0 Å². The molecule has 166 valence electrons. The van der Waals surface area contributed by atoms with E-state index in [-0.39, 0.29) is 24.3 Å². The van der Waals surface area contributed by atoms with Gasteiger partial charge in [0, 0.05) is 17.9 Å². The van der Waals surface area contributed by atoms with E-state index in [4.69, 9.17) is 16.6 Å². The third-order valence-corrected chi connectivity index (χ3v) is 4.46. The Labute approximate surface area is 178 Å². The normalized spacial score (nSPS) is 15.9. The maximum atomic E-state index is 12.5. The van der Waals surface area contributed by atoms with Gasteiger partial charge in [-0.15, -0.1) is 0 Å². The first-order chi connectivity index (χ1) is 13.4. The van der Waals surface area contributed by atoms with Crippen molar-refractivity contribution in [3.8, 4) is 0 Å². The van der Waals surface area contributed by atoms with Crippen molar-refractivity contribution in [2.75, 3.05) is 11.5 Å². The molecule has 0 aliphatic carbocycles. The quantitative estimate of drug-likeness (QED) is 0.126. The molecule has 0 aliphatic heterocycles. The van der Waals surface area contributed by atoms with Crippen molar-refractivity contribution in [1.82, 2.24) is 16.0 Å². The van der Waals surface area contributed by atoms with Gasteiger partial charge in [-0.1, -0.05) is 0 Å². The van der Waals surface area contributed by atoms with E-state index in [2.05, 4.69) is 41.2 Å². The Balaban J connectivity index is 5.37. The van der Waals surface area contributed by atoms with Crippen molar-refractivity contribution in [2.45, 2.75) is 50.0 Å². The van der Waals surface area contributed by atoms with Crippen LogP contribution >= 0.6 is 25.3 Å². The number of aliphatic hydroxyl groups is 1. The Bertz CT molecular complexity index is 620. The highest BCUT2D eigenvalue weighted by molar-refractivity contribution is 7.80. The van der Waals surface area contributed by atoms with E-state index in [1.165, 1.54) is 6.92 Å². The van der Waals surface area contributed by atoms with Gasteiger partial charge in [-0.25, -0.2) is 4.79 Å². The van der Waals surface area contributed by atoms with E-state index in [1.807, 2.05) is 0 Å². The molecule has 0 radical (unpaired) electrons. The minimum atomic E-state index is -1.46. The Morgan fingerprint density at radius 2 is 1.48 bits per heavy atom. The Hall–Kier alpha value is -2.03. The SMILES string of the molecule is CC(O)C(NC(=O)C(N)CS)C(=O)NC(CCC(N)=O)C(=O)NC(CS)C(=O)O. The van der Waals surface area contributed by atoms with Gasteiger partial charge in [-0.2, -0.15) is 25.3 Å². The number of hydrogen-bond donors (Lipinski definition) is 9. The van der Waals surface area contributed by atoms with Gasteiger partial charge in [0.1, 0.15) is 18.1 Å². The summed E-state index contributed by atoms with van der Waals surface area (Å²) in [6, 6.07) is -5.18. The number of carboxylic acids is 1. The zero-order valence-electron chi connectivity index (χ0n) is 15.7. The molecule has 0 spiro atoms. The molecule has 5 atom stereocenters. The number of carbonyl (C=O) groups is 5. The zero-order valence-corrected chi connectivity index (χ0v) is 17.5. The van der Waals surface area contributed by atoms with Gasteiger partial charge in [0.25, 0.3) is 0 Å². The maximum Gasteiger partial charge on any atom is 0.327 e. The van der Waals surface area contributed by atoms with E-state index in [1.54, 1.807) is 0 Å². The third-order valence-electron chi connectivity index (χ3n) is 3.71. The summed E-state index contributed by atoms with van der Waals surface area (Å²) in [6.45, 7) is 1.23. The predicted molar refractivity (Wildman–Crippen MR) is 109 cm³/mol. The second-order valence-corrected chi connectivity index (χ2v) is 6.89. The lowest BCUT2D eigenvalue weighted by Gasteiger charge is -2.26. The van der Waals surface area contributed by atoms with Crippen LogP contribution in [0.1, 0.15) is 19.8 Å². The fourth-order valence-corrected chi connectivity index (χ4v) is 2.44. The van der Waals surface area contributed by atoms with E-state index in [9.17, 15) is 29.1 Å². The van der Waals surface area contributed by atoms with Crippen molar-refractivity contribution >= 4 is 54.9 Å². The summed E-state index contributed by atoms with van der Waals surface area (Å²) in [4.78, 5) is 58.9. The number of carboxylic acid groups (broad SMARTS) is 1. The average Bonchev–Trinajstić information content (AvgIpc) is 2.65. The van der Waals surface area contributed by atoms with Gasteiger partial charge in [0.05, 0.1) is 12.1 Å². The lowest BCUT2D eigenvalue weighted by Crippen LogP contribution is -2.60. The smallest absolute Gasteiger partial charge is 0.327 e. The van der Waals surface area contributed by atoms with Crippen LogP contribution in [0.4, 0.5) is 0 Å². The first-order valence-corrected chi connectivity index (χ1v) is 9.78. The molecule has 0 aromatic heterocycles. The molecular formula is C15H27N5O7S2. The summed E-state index contributed by atoms with van der Waals surface area (Å²) in [6.07, 6.45) is -1.87. The van der Waals surface area contributed by atoms with Crippen LogP contribution in [0.15, 0.2) is 0 Å². The van der Waals surface area contributed by atoms with Crippen molar-refractivity contribution in [3.05, 3.63) is 0 Å². The predicted octanol–water partition coefficient (Wildman–Crippen LogP) is -3.64. The van der Waals surface area contributed by atoms with Crippen molar-refractivity contribution < 1.29 is 34.2 Å². The molecular weight excluding hydrogens is 426 g/mol. The summed E-state index contributed by atoms with van der Waals surface area (Å²) in [7, 11) is 0. The molecule has 0 aliphatic rings. The fraction of sp³-hybridized carbons (Fsp3) is 0.667. The van der Waals surface area contributed by atoms with Crippen LogP contribution in [0.5, 0.6) is 0 Å². The minimum absolute atomic E-state index is 0.00999. The fourth-order valence-electron chi connectivity index (χ4n) is 2.02. The van der Waals surface area contributed by atoms with E-state index < -0.39 is 59.9 Å². The number of aliphatic hydroxyl groups excluding tert-OH is 1. The van der Waals surface area contributed by atoms with Crippen LogP contribution in [0.3, 0.4) is 0 Å². The molecule has 0 saturated heterocycles. The highest BCUT2D eigenvalue weighted by Crippen LogP contribution is 2.03. The third kappa shape index (κ3) is 9.83. The lowest BCUT2D eigenvalue weighted by molar-refractivity contribution is -0.142. The molecule has 0 aromatic carbocycles. The summed E-state index contributed by atoms with van der Waals surface area (Å²) in [5.41, 5.74) is 10.6. The van der Waals surface area contributed by atoms with Crippen LogP contribution in [0, 0.1) is 0 Å². The van der Waals surface area contributed by atoms with Gasteiger partial charge in [-0.3, -0.25) is 19.2 Å². The Morgan fingerprint density at radius 3 is 1.90 bits per heavy atom. The van der Waals surface area contributed by atoms with Crippen LogP contribution in [0.2, 0.25) is 0 Å². The summed E-state index contributed by atoms with van der Waals surface area (Å²) < 4.78 is 0. The van der Waals surface area contributed by atoms with Gasteiger partial charge >= 0.3 is 5.97 Å². The number of hydrogen-bond acceptors (Lipinski definition) is 9. The van der Waals surface area contributed by atoms with Crippen LogP contribution in [-0.4, -0.2) is 81.6 Å². The summed E-state index contributed by atoms with van der Waals surface area (Å²) in [5.74, 6) is -4.91. The molecule has 0 rings (SSSR count). The lowest BCUT2D eigenvalue weighted by atomic mass is 10.1. The van der Waals surface area contributed by atoms with E-state index in [0.717, 1.165) is 0 Å². The Morgan fingerprint density at radius 1 is 0.931 bits per heavy atom. The van der Waals surface area contributed by atoms with Crippen LogP contribution < -0.4 is 27.4 Å². The number of aliphatic carboxylic acids is 1. The number of nitrogens with one attached hydrogen (secondary N) is 3. The van der Waals surface area contributed by atoms with Gasteiger partial charge in [0.2, 0.25) is 23.6 Å². The number of rotatable bonds is 13. The second kappa shape index (κ2) is 13.2. The molecule has 9 N–H and O–H groups in total. The van der Waals surface area contributed by atoms with E-state index in [0.29, 0.717) is 0 Å². The highest BCUT2D eigenvalue weighted by Gasteiger charge is 2.32. The molecule has 0 heterocycles. The molecule has 5 unspecified atom stereocenters. The molecule has 0 bridgehead atoms. The van der Waals surface area contributed by atoms with Gasteiger partial charge in [-0.05, 0) is 13.3 Å². The van der Waals surface area contributed by atoms with E-state index >= 15 is 0 Å². The molecule has 0 saturated carbocycles. The van der Waals surface area contributed by atoms with Crippen molar-refractivity contribution in [1.29, 1.82) is 0 Å². The summed E-state index contributed by atoms with van der Waals surface area (Å²) >= 11 is 7.69. The number of amides is 4. The minimum Gasteiger partial charge on any atom is -0.480 e. The van der Waals surface area contributed by atoms with Gasteiger partial charge < -0.3 is 37.6 Å².